The van der Waals surface area contributed by atoms with Gasteiger partial charge < -0.3 is 0 Å². The van der Waals surface area contributed by atoms with Crippen LogP contribution in [0.2, 0.25) is 0 Å². The number of imide groups is 1. The van der Waals surface area contributed by atoms with E-state index in [4.69, 9.17) is 0 Å². The largest absolute Gasteiger partial charge is 0.289 e. The van der Waals surface area contributed by atoms with Crippen LogP contribution >= 0.6 is 0 Å². The quantitative estimate of drug-likeness (QED) is 0.285. The topological polar surface area (TPSA) is 101 Å². The van der Waals surface area contributed by atoms with Crippen molar-refractivity contribution in [1.29, 1.82) is 0 Å². The number of carbonyl (C=O) groups excluding carboxylic acids is 3. The van der Waals surface area contributed by atoms with Crippen molar-refractivity contribution in [2.24, 2.45) is 35.5 Å². The first-order valence-electron chi connectivity index (χ1n) is 11.9. The number of rotatable bonds is 5. The Bertz CT molecular complexity index is 1280. The molecule has 0 spiro atoms. The molecule has 0 radical (unpaired) electrons. The zero-order valence-corrected chi connectivity index (χ0v) is 19.5. The van der Waals surface area contributed by atoms with Crippen LogP contribution < -0.4 is 4.90 Å². The lowest BCUT2D eigenvalue weighted by atomic mass is 9.63. The van der Waals surface area contributed by atoms with Gasteiger partial charge in [0.2, 0.25) is 11.8 Å². The first-order chi connectivity index (χ1) is 16.8. The second-order valence-corrected chi connectivity index (χ2v) is 10.1. The summed E-state index contributed by atoms with van der Waals surface area (Å²) in [6, 6.07) is 11.3. The van der Waals surface area contributed by atoms with E-state index in [0.717, 1.165) is 17.5 Å². The highest BCUT2D eigenvalue weighted by Gasteiger charge is 2.67. The average molecular weight is 472 g/mol. The number of hydrogen-bond donors (Lipinski definition) is 0. The molecular formula is C27H25N3O5. The fraction of sp³-hybridized carbons (Fsp3) is 0.370. The average Bonchev–Trinajstić information content (AvgIpc) is 3.63. The summed E-state index contributed by atoms with van der Waals surface area (Å²) in [5.74, 6) is -0.726. The molecule has 4 aliphatic carbocycles. The van der Waals surface area contributed by atoms with Crippen molar-refractivity contribution in [3.8, 4) is 0 Å². The Balaban J connectivity index is 1.41. The molecule has 0 aromatic heterocycles. The maximum absolute atomic E-state index is 13.9. The zero-order chi connectivity index (χ0) is 24.6. The lowest BCUT2D eigenvalue weighted by molar-refractivity contribution is -0.385. The molecule has 6 unspecified atom stereocenters. The minimum Gasteiger partial charge on any atom is -0.289 e. The summed E-state index contributed by atoms with van der Waals surface area (Å²) in [4.78, 5) is 54.7. The summed E-state index contributed by atoms with van der Waals surface area (Å²) in [5, 5.41) is 11.7. The molecule has 35 heavy (non-hydrogen) atoms. The van der Waals surface area contributed by atoms with Gasteiger partial charge in [-0.1, -0.05) is 42.5 Å². The van der Waals surface area contributed by atoms with Crippen molar-refractivity contribution in [3.63, 3.8) is 0 Å². The molecule has 178 valence electrons. The van der Waals surface area contributed by atoms with Crippen molar-refractivity contribution < 1.29 is 19.3 Å². The van der Waals surface area contributed by atoms with Gasteiger partial charge in [-0.05, 0) is 61.1 Å². The van der Waals surface area contributed by atoms with Gasteiger partial charge in [-0.25, -0.2) is 0 Å². The van der Waals surface area contributed by atoms with E-state index in [2.05, 4.69) is 12.2 Å². The van der Waals surface area contributed by atoms with Crippen LogP contribution in [0, 0.1) is 59.5 Å². The SMILES string of the molecule is Cc1cccc(C)c1N(CN1C(=O)C2C3C=CC(C4CC34)C2C1=O)C(=O)c1ccccc1[N+](=O)[O-]. The van der Waals surface area contributed by atoms with Gasteiger partial charge in [0.15, 0.2) is 0 Å². The molecule has 0 N–H and O–H groups in total. The molecule has 2 bridgehead atoms. The predicted molar refractivity (Wildman–Crippen MR) is 127 cm³/mol. The van der Waals surface area contributed by atoms with Gasteiger partial charge in [-0.15, -0.1) is 0 Å². The van der Waals surface area contributed by atoms with Crippen molar-refractivity contribution in [2.75, 3.05) is 11.6 Å². The van der Waals surface area contributed by atoms with Gasteiger partial charge in [0, 0.05) is 6.07 Å². The summed E-state index contributed by atoms with van der Waals surface area (Å²) in [7, 11) is 0. The van der Waals surface area contributed by atoms with E-state index >= 15 is 0 Å². The number of nitrogens with zero attached hydrogens (tertiary/aromatic N) is 3. The minimum atomic E-state index is -0.617. The highest BCUT2D eigenvalue weighted by molar-refractivity contribution is 6.11. The monoisotopic (exact) mass is 471 g/mol. The van der Waals surface area contributed by atoms with Crippen LogP contribution in [-0.4, -0.2) is 34.2 Å². The number of hydrogen-bond acceptors (Lipinski definition) is 5. The molecule has 8 nitrogen and oxygen atoms in total. The lowest BCUT2D eigenvalue weighted by Crippen LogP contribution is -2.45. The Morgan fingerprint density at radius 2 is 1.54 bits per heavy atom. The number of aryl methyl sites for hydroxylation is 2. The molecular weight excluding hydrogens is 446 g/mol. The van der Waals surface area contributed by atoms with Crippen LogP contribution in [0.15, 0.2) is 54.6 Å². The van der Waals surface area contributed by atoms with Gasteiger partial charge >= 0.3 is 0 Å². The van der Waals surface area contributed by atoms with E-state index in [0.29, 0.717) is 17.5 Å². The van der Waals surface area contributed by atoms with Crippen LogP contribution in [0.25, 0.3) is 0 Å². The number of carbonyl (C=O) groups is 3. The predicted octanol–water partition coefficient (Wildman–Crippen LogP) is 3.87. The third kappa shape index (κ3) is 3.08. The summed E-state index contributed by atoms with van der Waals surface area (Å²) in [5.41, 5.74) is 1.70. The minimum absolute atomic E-state index is 0.0796. The first kappa shape index (κ1) is 21.7. The maximum Gasteiger partial charge on any atom is 0.282 e. The van der Waals surface area contributed by atoms with Crippen LogP contribution in [0.5, 0.6) is 0 Å². The van der Waals surface area contributed by atoms with Crippen LogP contribution in [0.4, 0.5) is 11.4 Å². The molecule has 3 amide bonds. The molecule has 1 aliphatic heterocycles. The summed E-state index contributed by atoms with van der Waals surface area (Å²) in [6.07, 6.45) is 5.29. The summed E-state index contributed by atoms with van der Waals surface area (Å²) < 4.78 is 0. The van der Waals surface area contributed by atoms with Crippen molar-refractivity contribution in [1.82, 2.24) is 4.90 Å². The zero-order valence-electron chi connectivity index (χ0n) is 19.5. The van der Waals surface area contributed by atoms with E-state index in [1.165, 1.54) is 28.0 Å². The van der Waals surface area contributed by atoms with Crippen LogP contribution in [0.3, 0.4) is 0 Å². The first-order valence-corrected chi connectivity index (χ1v) is 11.9. The standard InChI is InChI=1S/C27H25N3O5/c1-14-6-5-7-15(2)24(14)28(25(31)18-8-3-4-9-21(18)30(34)35)13-29-26(32)22-16-10-11-17(20-12-19(16)20)23(22)27(29)33/h3-11,16-17,19-20,22-23H,12-13H2,1-2H3. The molecule has 2 aromatic rings. The normalized spacial score (nSPS) is 29.7. The highest BCUT2D eigenvalue weighted by Crippen LogP contribution is 2.65. The number of amides is 3. The van der Waals surface area contributed by atoms with Gasteiger partial charge in [0.05, 0.1) is 22.4 Å². The fourth-order valence-electron chi connectivity index (χ4n) is 6.73. The molecule has 5 aliphatic rings. The second-order valence-electron chi connectivity index (χ2n) is 10.1. The number of anilines is 1. The summed E-state index contributed by atoms with van der Waals surface area (Å²) >= 11 is 0. The third-order valence-electron chi connectivity index (χ3n) is 8.32. The van der Waals surface area contributed by atoms with Crippen LogP contribution in [0.1, 0.15) is 27.9 Å². The van der Waals surface area contributed by atoms with Gasteiger partial charge in [0.25, 0.3) is 11.6 Å². The third-order valence-corrected chi connectivity index (χ3v) is 8.32. The van der Waals surface area contributed by atoms with Gasteiger partial charge in [-0.2, -0.15) is 0 Å². The molecule has 3 fully saturated rings. The highest BCUT2D eigenvalue weighted by atomic mass is 16.6. The molecule has 2 saturated carbocycles. The van der Waals surface area contributed by atoms with Crippen molar-refractivity contribution in [3.05, 3.63) is 81.4 Å². The van der Waals surface area contributed by atoms with E-state index in [1.54, 1.807) is 6.07 Å². The van der Waals surface area contributed by atoms with E-state index in [9.17, 15) is 24.5 Å². The Morgan fingerprint density at radius 3 is 2.11 bits per heavy atom. The Kier molecular flexibility index (Phi) is 4.71. The molecule has 1 saturated heterocycles. The Morgan fingerprint density at radius 1 is 0.971 bits per heavy atom. The molecule has 7 rings (SSSR count). The van der Waals surface area contributed by atoms with Gasteiger partial charge in [0.1, 0.15) is 12.2 Å². The van der Waals surface area contributed by atoms with E-state index in [1.807, 2.05) is 32.0 Å². The number of nitro groups is 1. The lowest BCUT2D eigenvalue weighted by Gasteiger charge is -2.37. The van der Waals surface area contributed by atoms with E-state index < -0.39 is 10.8 Å². The second kappa shape index (κ2) is 7.60. The van der Waals surface area contributed by atoms with Crippen LogP contribution in [-0.2, 0) is 9.59 Å². The molecule has 6 atom stereocenters. The molecule has 2 aromatic carbocycles. The Labute approximate surface area is 202 Å². The molecule has 1 heterocycles. The van der Waals surface area contributed by atoms with Crippen molar-refractivity contribution in [2.45, 2.75) is 20.3 Å². The Hall–Kier alpha value is -3.81. The number of likely N-dealkylation sites (tertiary alicyclic amines) is 1. The smallest absolute Gasteiger partial charge is 0.282 e. The maximum atomic E-state index is 13.9. The number of allylic oxidation sites excluding steroid dienone is 2. The van der Waals surface area contributed by atoms with Gasteiger partial charge in [-0.3, -0.25) is 34.3 Å². The fourth-order valence-corrected chi connectivity index (χ4v) is 6.73. The number of para-hydroxylation sites is 2. The number of benzene rings is 2. The molecule has 8 heteroatoms. The van der Waals surface area contributed by atoms with Crippen molar-refractivity contribution >= 4 is 29.1 Å². The van der Waals surface area contributed by atoms with E-state index in [-0.39, 0.29) is 53.4 Å². The number of nitro benzene ring substituents is 1. The summed E-state index contributed by atoms with van der Waals surface area (Å²) in [6.45, 7) is 3.41.